The van der Waals surface area contributed by atoms with Gasteiger partial charge in [0.05, 0.1) is 0 Å². The maximum atomic E-state index is 13.7. The summed E-state index contributed by atoms with van der Waals surface area (Å²) in [5.41, 5.74) is 4.17. The van der Waals surface area contributed by atoms with Crippen molar-refractivity contribution >= 4 is 11.8 Å². The Hall–Kier alpha value is -3.80. The first-order chi connectivity index (χ1) is 17.5. The van der Waals surface area contributed by atoms with E-state index >= 15 is 0 Å². The van der Waals surface area contributed by atoms with Gasteiger partial charge in [-0.25, -0.2) is 0 Å². The SMILES string of the molecule is CCCNC(=O)[C@H](Cc1ccccc1)N(Cc1ccc(C)cc1)C(=O)CCc1ccc2c(c1)OCO2. The van der Waals surface area contributed by atoms with E-state index in [-0.39, 0.29) is 25.0 Å². The zero-order chi connectivity index (χ0) is 25.3. The van der Waals surface area contributed by atoms with Crippen LogP contribution >= 0.6 is 0 Å². The summed E-state index contributed by atoms with van der Waals surface area (Å²) in [6.45, 7) is 5.23. The highest BCUT2D eigenvalue weighted by Gasteiger charge is 2.30. The lowest BCUT2D eigenvalue weighted by Crippen LogP contribution is -2.50. The first-order valence-corrected chi connectivity index (χ1v) is 12.6. The van der Waals surface area contributed by atoms with Crippen LogP contribution in [-0.2, 0) is 29.0 Å². The average molecular weight is 487 g/mol. The van der Waals surface area contributed by atoms with Crippen LogP contribution in [-0.4, -0.2) is 36.1 Å². The third-order valence-electron chi connectivity index (χ3n) is 6.36. The predicted molar refractivity (Wildman–Crippen MR) is 140 cm³/mol. The molecule has 0 aliphatic carbocycles. The normalized spacial score (nSPS) is 12.7. The van der Waals surface area contributed by atoms with E-state index in [2.05, 4.69) is 5.32 Å². The second kappa shape index (κ2) is 12.2. The van der Waals surface area contributed by atoms with Gasteiger partial charge >= 0.3 is 0 Å². The van der Waals surface area contributed by atoms with E-state index in [1.165, 1.54) is 0 Å². The number of nitrogens with one attached hydrogen (secondary N) is 1. The smallest absolute Gasteiger partial charge is 0.243 e. The number of benzene rings is 3. The third kappa shape index (κ3) is 6.66. The van der Waals surface area contributed by atoms with E-state index < -0.39 is 6.04 Å². The predicted octanol–water partition coefficient (Wildman–Crippen LogP) is 4.82. The molecule has 0 radical (unpaired) electrons. The van der Waals surface area contributed by atoms with Gasteiger partial charge in [-0.2, -0.15) is 0 Å². The molecule has 0 saturated heterocycles. The lowest BCUT2D eigenvalue weighted by atomic mass is 10.0. The fraction of sp³-hybridized carbons (Fsp3) is 0.333. The van der Waals surface area contributed by atoms with Gasteiger partial charge < -0.3 is 19.7 Å². The second-order valence-electron chi connectivity index (χ2n) is 9.19. The summed E-state index contributed by atoms with van der Waals surface area (Å²) in [6, 6.07) is 23.2. The molecule has 1 heterocycles. The van der Waals surface area contributed by atoms with E-state index in [0.29, 0.717) is 31.7 Å². The molecule has 0 unspecified atom stereocenters. The Labute approximate surface area is 213 Å². The van der Waals surface area contributed by atoms with Crippen molar-refractivity contribution in [1.29, 1.82) is 0 Å². The van der Waals surface area contributed by atoms with Crippen molar-refractivity contribution in [2.45, 2.75) is 52.1 Å². The minimum atomic E-state index is -0.607. The van der Waals surface area contributed by atoms with Gasteiger partial charge in [0.25, 0.3) is 0 Å². The summed E-state index contributed by atoms with van der Waals surface area (Å²) in [4.78, 5) is 28.8. The minimum absolute atomic E-state index is 0.0548. The monoisotopic (exact) mass is 486 g/mol. The first-order valence-electron chi connectivity index (χ1n) is 12.6. The van der Waals surface area contributed by atoms with Gasteiger partial charge in [0.1, 0.15) is 6.04 Å². The van der Waals surface area contributed by atoms with Gasteiger partial charge in [-0.05, 0) is 48.6 Å². The number of carbonyl (C=O) groups excluding carboxylic acids is 2. The molecule has 0 bridgehead atoms. The first kappa shape index (κ1) is 25.3. The van der Waals surface area contributed by atoms with Crippen molar-refractivity contribution in [3.05, 3.63) is 95.1 Å². The van der Waals surface area contributed by atoms with Gasteiger partial charge in [-0.15, -0.1) is 0 Å². The van der Waals surface area contributed by atoms with Crippen LogP contribution in [0.15, 0.2) is 72.8 Å². The average Bonchev–Trinajstić information content (AvgIpc) is 3.37. The number of ether oxygens (including phenoxy) is 2. The zero-order valence-electron chi connectivity index (χ0n) is 21.0. The van der Waals surface area contributed by atoms with Crippen molar-refractivity contribution in [3.63, 3.8) is 0 Å². The number of nitrogens with zero attached hydrogens (tertiary/aromatic N) is 1. The molecule has 1 aliphatic rings. The fourth-order valence-electron chi connectivity index (χ4n) is 4.30. The molecule has 3 aromatic rings. The Kier molecular flexibility index (Phi) is 8.61. The Balaban J connectivity index is 1.57. The highest BCUT2D eigenvalue weighted by Crippen LogP contribution is 2.33. The molecule has 4 rings (SSSR count). The molecular weight excluding hydrogens is 452 g/mol. The highest BCUT2D eigenvalue weighted by atomic mass is 16.7. The fourth-order valence-corrected chi connectivity index (χ4v) is 4.30. The van der Waals surface area contributed by atoms with E-state index in [1.807, 2.05) is 86.6 Å². The molecule has 0 aromatic heterocycles. The lowest BCUT2D eigenvalue weighted by Gasteiger charge is -2.31. The summed E-state index contributed by atoms with van der Waals surface area (Å²) >= 11 is 0. The molecule has 188 valence electrons. The van der Waals surface area contributed by atoms with Crippen molar-refractivity contribution in [1.82, 2.24) is 10.2 Å². The van der Waals surface area contributed by atoms with Crippen LogP contribution in [0.25, 0.3) is 0 Å². The van der Waals surface area contributed by atoms with E-state index in [4.69, 9.17) is 9.47 Å². The molecule has 36 heavy (non-hydrogen) atoms. The van der Waals surface area contributed by atoms with Crippen molar-refractivity contribution in [3.8, 4) is 11.5 Å². The highest BCUT2D eigenvalue weighted by molar-refractivity contribution is 5.88. The van der Waals surface area contributed by atoms with Crippen LogP contribution in [0.3, 0.4) is 0 Å². The number of amides is 2. The second-order valence-corrected chi connectivity index (χ2v) is 9.19. The Morgan fingerprint density at radius 3 is 2.39 bits per heavy atom. The Morgan fingerprint density at radius 2 is 1.64 bits per heavy atom. The van der Waals surface area contributed by atoms with Gasteiger partial charge in [0.2, 0.25) is 18.6 Å². The van der Waals surface area contributed by atoms with E-state index in [0.717, 1.165) is 34.4 Å². The lowest BCUT2D eigenvalue weighted by molar-refractivity contribution is -0.141. The summed E-state index contributed by atoms with van der Waals surface area (Å²) < 4.78 is 10.9. The van der Waals surface area contributed by atoms with Crippen LogP contribution in [0.5, 0.6) is 11.5 Å². The van der Waals surface area contributed by atoms with Crippen molar-refractivity contribution in [2.24, 2.45) is 0 Å². The van der Waals surface area contributed by atoms with Gasteiger partial charge in [0.15, 0.2) is 11.5 Å². The third-order valence-corrected chi connectivity index (χ3v) is 6.36. The van der Waals surface area contributed by atoms with Crippen LogP contribution < -0.4 is 14.8 Å². The van der Waals surface area contributed by atoms with Crippen molar-refractivity contribution in [2.75, 3.05) is 13.3 Å². The molecule has 2 amide bonds. The molecule has 6 heteroatoms. The van der Waals surface area contributed by atoms with Gasteiger partial charge in [-0.1, -0.05) is 73.2 Å². The summed E-state index contributed by atoms with van der Waals surface area (Å²) in [5.74, 6) is 1.25. The summed E-state index contributed by atoms with van der Waals surface area (Å²) in [7, 11) is 0. The standard InChI is InChI=1S/C30H34N2O4/c1-3-17-31-30(34)26(18-23-7-5-4-6-8-23)32(20-25-11-9-22(2)10-12-25)29(33)16-14-24-13-15-27-28(19-24)36-21-35-27/h4-13,15,19,26H,3,14,16-18,20-21H2,1-2H3,(H,31,34)/t26-/m0/s1. The van der Waals surface area contributed by atoms with Crippen LogP contribution in [0.2, 0.25) is 0 Å². The van der Waals surface area contributed by atoms with Crippen molar-refractivity contribution < 1.29 is 19.1 Å². The molecule has 1 aliphatic heterocycles. The summed E-state index contributed by atoms with van der Waals surface area (Å²) in [6.07, 6.45) is 2.13. The molecule has 0 saturated carbocycles. The number of hydrogen-bond acceptors (Lipinski definition) is 4. The van der Waals surface area contributed by atoms with Crippen LogP contribution in [0.4, 0.5) is 0 Å². The number of carbonyl (C=O) groups is 2. The molecule has 0 spiro atoms. The van der Waals surface area contributed by atoms with E-state index in [9.17, 15) is 9.59 Å². The number of hydrogen-bond donors (Lipinski definition) is 1. The summed E-state index contributed by atoms with van der Waals surface area (Å²) in [5, 5.41) is 3.02. The number of rotatable bonds is 11. The molecule has 6 nitrogen and oxygen atoms in total. The van der Waals surface area contributed by atoms with Crippen LogP contribution in [0.1, 0.15) is 42.0 Å². The maximum absolute atomic E-state index is 13.7. The largest absolute Gasteiger partial charge is 0.454 e. The van der Waals surface area contributed by atoms with Crippen LogP contribution in [0, 0.1) is 6.92 Å². The topological polar surface area (TPSA) is 67.9 Å². The number of fused-ring (bicyclic) bond motifs is 1. The molecule has 1 N–H and O–H groups in total. The van der Waals surface area contributed by atoms with Gasteiger partial charge in [-0.3, -0.25) is 9.59 Å². The van der Waals surface area contributed by atoms with Gasteiger partial charge in [0, 0.05) is 25.9 Å². The quantitative estimate of drug-likeness (QED) is 0.422. The Bertz CT molecular complexity index is 1160. The maximum Gasteiger partial charge on any atom is 0.243 e. The zero-order valence-corrected chi connectivity index (χ0v) is 21.0. The molecule has 0 fully saturated rings. The molecular formula is C30H34N2O4. The Morgan fingerprint density at radius 1 is 0.917 bits per heavy atom. The van der Waals surface area contributed by atoms with E-state index in [1.54, 1.807) is 4.90 Å². The number of aryl methyl sites for hydroxylation is 2. The minimum Gasteiger partial charge on any atom is -0.454 e. The molecule has 3 aromatic carbocycles. The molecule has 1 atom stereocenters.